The number of ether oxygens (including phenoxy) is 1. The number of benzene rings is 3. The first-order chi connectivity index (χ1) is 17.5. The molecule has 0 spiro atoms. The Kier molecular flexibility index (Phi) is 6.35. The highest BCUT2D eigenvalue weighted by atomic mass is 19.1. The molecule has 182 valence electrons. The Bertz CT molecular complexity index is 1590. The van der Waals surface area contributed by atoms with E-state index in [2.05, 4.69) is 21.8 Å². The minimum Gasteiger partial charge on any atom is -0.497 e. The number of methoxy groups -OCH3 is 1. The van der Waals surface area contributed by atoms with Crippen LogP contribution in [0.25, 0.3) is 33.7 Å². The first-order valence-corrected chi connectivity index (χ1v) is 11.7. The molecule has 7 nitrogen and oxygen atoms in total. The summed E-state index contributed by atoms with van der Waals surface area (Å²) < 4.78 is 23.6. The number of aromatic nitrogens is 4. The van der Waals surface area contributed by atoms with E-state index in [4.69, 9.17) is 4.74 Å². The van der Waals surface area contributed by atoms with Gasteiger partial charge >= 0.3 is 0 Å². The van der Waals surface area contributed by atoms with Gasteiger partial charge in [0.1, 0.15) is 24.2 Å². The lowest BCUT2D eigenvalue weighted by atomic mass is 9.97. The maximum absolute atomic E-state index is 15.5. The fourth-order valence-corrected chi connectivity index (χ4v) is 4.31. The van der Waals surface area contributed by atoms with Gasteiger partial charge < -0.3 is 9.64 Å². The van der Waals surface area contributed by atoms with E-state index in [0.717, 1.165) is 23.4 Å². The van der Waals surface area contributed by atoms with E-state index in [1.54, 1.807) is 36.2 Å². The Morgan fingerprint density at radius 1 is 0.917 bits per heavy atom. The number of imidazole rings is 1. The maximum atomic E-state index is 15.5. The molecule has 0 saturated carbocycles. The van der Waals surface area contributed by atoms with Crippen molar-refractivity contribution in [2.45, 2.75) is 13.5 Å². The summed E-state index contributed by atoms with van der Waals surface area (Å²) in [7, 11) is 3.63. The van der Waals surface area contributed by atoms with Gasteiger partial charge in [-0.15, -0.1) is 0 Å². The van der Waals surface area contributed by atoms with Crippen LogP contribution in [0.1, 0.15) is 12.5 Å². The lowest BCUT2D eigenvalue weighted by molar-refractivity contribution is 0.346. The normalized spacial score (nSPS) is 11.4. The van der Waals surface area contributed by atoms with Crippen LogP contribution < -0.4 is 10.3 Å². The predicted molar refractivity (Wildman–Crippen MR) is 138 cm³/mol. The molecule has 8 heteroatoms. The number of hydrogen-bond acceptors (Lipinski definition) is 5. The highest BCUT2D eigenvalue weighted by Crippen LogP contribution is 2.32. The van der Waals surface area contributed by atoms with Gasteiger partial charge in [0.2, 0.25) is 0 Å². The third-order valence-electron chi connectivity index (χ3n) is 6.33. The van der Waals surface area contributed by atoms with Gasteiger partial charge in [-0.3, -0.25) is 13.9 Å². The molecule has 0 aliphatic heterocycles. The fraction of sp³-hybridized carbons (Fsp3) is 0.179. The maximum Gasteiger partial charge on any atom is 0.284 e. The molecular formula is C28H26FN5O2. The molecule has 0 fully saturated rings. The monoisotopic (exact) mass is 483 g/mol. The number of fused-ring (bicyclic) bond motifs is 1. The quantitative estimate of drug-likeness (QED) is 0.332. The predicted octanol–water partition coefficient (Wildman–Crippen LogP) is 4.84. The second-order valence-electron chi connectivity index (χ2n) is 8.53. The summed E-state index contributed by atoms with van der Waals surface area (Å²) in [6.07, 6.45) is 2.89. The van der Waals surface area contributed by atoms with Crippen LogP contribution in [0.2, 0.25) is 0 Å². The molecule has 0 bridgehead atoms. The molecule has 0 saturated heterocycles. The van der Waals surface area contributed by atoms with Crippen LogP contribution in [0.3, 0.4) is 0 Å². The highest BCUT2D eigenvalue weighted by molar-refractivity contribution is 5.78. The largest absolute Gasteiger partial charge is 0.497 e. The zero-order valence-electron chi connectivity index (χ0n) is 20.4. The van der Waals surface area contributed by atoms with Crippen molar-refractivity contribution in [2.75, 3.05) is 20.7 Å². The van der Waals surface area contributed by atoms with Gasteiger partial charge in [0, 0.05) is 17.8 Å². The number of nitrogens with zero attached hydrogens (tertiary/aromatic N) is 5. The van der Waals surface area contributed by atoms with Crippen molar-refractivity contribution in [1.82, 2.24) is 24.0 Å². The summed E-state index contributed by atoms with van der Waals surface area (Å²) in [4.78, 5) is 24.7. The lowest BCUT2D eigenvalue weighted by Gasteiger charge is -2.19. The molecule has 2 heterocycles. The molecular weight excluding hydrogens is 457 g/mol. The highest BCUT2D eigenvalue weighted by Gasteiger charge is 2.20. The topological polar surface area (TPSA) is 65.2 Å². The Labute approximate surface area is 208 Å². The summed E-state index contributed by atoms with van der Waals surface area (Å²) in [5.41, 5.74) is 3.53. The van der Waals surface area contributed by atoms with Crippen LogP contribution in [-0.2, 0) is 6.54 Å². The van der Waals surface area contributed by atoms with Crippen LogP contribution in [-0.4, -0.2) is 44.7 Å². The minimum absolute atomic E-state index is 0.158. The average molecular weight is 484 g/mol. The second-order valence-corrected chi connectivity index (χ2v) is 8.53. The van der Waals surface area contributed by atoms with Crippen LogP contribution in [0.4, 0.5) is 4.39 Å². The molecule has 0 aliphatic carbocycles. The molecule has 0 atom stereocenters. The van der Waals surface area contributed by atoms with Gasteiger partial charge in [0.25, 0.3) is 5.56 Å². The van der Waals surface area contributed by atoms with Gasteiger partial charge in [0.15, 0.2) is 11.2 Å². The molecule has 0 amide bonds. The van der Waals surface area contributed by atoms with Crippen molar-refractivity contribution in [3.63, 3.8) is 0 Å². The van der Waals surface area contributed by atoms with Gasteiger partial charge in [-0.25, -0.2) is 14.4 Å². The second kappa shape index (κ2) is 9.75. The molecule has 3 aromatic carbocycles. The Balaban J connectivity index is 1.71. The Morgan fingerprint density at radius 2 is 1.61 bits per heavy atom. The zero-order chi connectivity index (χ0) is 25.2. The number of halogens is 1. The summed E-state index contributed by atoms with van der Waals surface area (Å²) in [5, 5.41) is 0. The van der Waals surface area contributed by atoms with E-state index in [0.29, 0.717) is 17.9 Å². The Hall–Kier alpha value is -4.30. The van der Waals surface area contributed by atoms with Crippen molar-refractivity contribution >= 4 is 11.2 Å². The van der Waals surface area contributed by atoms with Crippen molar-refractivity contribution in [3.8, 4) is 28.3 Å². The van der Waals surface area contributed by atoms with Crippen molar-refractivity contribution in [2.24, 2.45) is 0 Å². The third kappa shape index (κ3) is 4.16. The number of hydrogen-bond donors (Lipinski definition) is 0. The van der Waals surface area contributed by atoms with E-state index < -0.39 is 11.4 Å². The van der Waals surface area contributed by atoms with Crippen molar-refractivity contribution in [1.29, 1.82) is 0 Å². The van der Waals surface area contributed by atoms with Crippen LogP contribution >= 0.6 is 0 Å². The van der Waals surface area contributed by atoms with Gasteiger partial charge in [-0.1, -0.05) is 43.3 Å². The average Bonchev–Trinajstić information content (AvgIpc) is 3.34. The number of rotatable bonds is 7. The molecule has 0 N–H and O–H groups in total. The summed E-state index contributed by atoms with van der Waals surface area (Å²) in [6.45, 7) is 3.65. The van der Waals surface area contributed by atoms with E-state index in [-0.39, 0.29) is 16.9 Å². The van der Waals surface area contributed by atoms with Crippen LogP contribution in [0.15, 0.2) is 84.2 Å². The first-order valence-electron chi connectivity index (χ1n) is 11.7. The number of para-hydroxylation sites is 1. The molecule has 0 unspecified atom stereocenters. The van der Waals surface area contributed by atoms with E-state index >= 15 is 4.39 Å². The van der Waals surface area contributed by atoms with Gasteiger partial charge in [-0.05, 0) is 55.1 Å². The van der Waals surface area contributed by atoms with E-state index in [1.807, 2.05) is 49.5 Å². The smallest absolute Gasteiger partial charge is 0.284 e. The first kappa shape index (κ1) is 23.4. The summed E-state index contributed by atoms with van der Waals surface area (Å²) in [6, 6.07) is 20.0. The molecule has 5 rings (SSSR count). The van der Waals surface area contributed by atoms with Crippen LogP contribution in [0.5, 0.6) is 5.75 Å². The Morgan fingerprint density at radius 3 is 2.33 bits per heavy atom. The molecule has 36 heavy (non-hydrogen) atoms. The van der Waals surface area contributed by atoms with E-state index in [1.165, 1.54) is 17.0 Å². The molecule has 0 radical (unpaired) electrons. The standard InChI is InChI=1S/C28H26FN5O2/c1-4-32(2)16-19-8-5-6-9-22(19)23-10-7-11-24(29)25(23)34-18-31-27-26(28(34)35)33(17-30-27)20-12-14-21(36-3)15-13-20/h5-15,17-18H,4,16H2,1-3H3. The van der Waals surface area contributed by atoms with Gasteiger partial charge in [-0.2, -0.15) is 0 Å². The molecule has 0 aliphatic rings. The minimum atomic E-state index is -0.509. The zero-order valence-corrected chi connectivity index (χ0v) is 20.4. The van der Waals surface area contributed by atoms with E-state index in [9.17, 15) is 4.79 Å². The van der Waals surface area contributed by atoms with Crippen LogP contribution in [0, 0.1) is 5.82 Å². The van der Waals surface area contributed by atoms with Gasteiger partial charge in [0.05, 0.1) is 12.8 Å². The summed E-state index contributed by atoms with van der Waals surface area (Å²) in [5.74, 6) is 0.187. The summed E-state index contributed by atoms with van der Waals surface area (Å²) >= 11 is 0. The lowest BCUT2D eigenvalue weighted by Crippen LogP contribution is -2.22. The van der Waals surface area contributed by atoms with Crippen molar-refractivity contribution in [3.05, 3.63) is 101 Å². The van der Waals surface area contributed by atoms with Crippen molar-refractivity contribution < 1.29 is 9.13 Å². The SMILES string of the molecule is CCN(C)Cc1ccccc1-c1cccc(F)c1-n1cnc2ncn(-c3ccc(OC)cc3)c2c1=O. The third-order valence-corrected chi connectivity index (χ3v) is 6.33. The molecule has 5 aromatic rings. The molecule has 2 aromatic heterocycles. The fourth-order valence-electron chi connectivity index (χ4n) is 4.31.